The quantitative estimate of drug-likeness (QED) is 0.711. The van der Waals surface area contributed by atoms with Crippen molar-refractivity contribution >= 4 is 33.2 Å². The lowest BCUT2D eigenvalue weighted by atomic mass is 10.1. The fourth-order valence-electron chi connectivity index (χ4n) is 1.69. The van der Waals surface area contributed by atoms with Crippen LogP contribution >= 0.6 is 27.3 Å². The van der Waals surface area contributed by atoms with E-state index in [-0.39, 0.29) is 5.97 Å². The Kier molecular flexibility index (Phi) is 5.16. The molecule has 2 rings (SSSR count). The van der Waals surface area contributed by atoms with Crippen molar-refractivity contribution in [3.05, 3.63) is 51.3 Å². The average Bonchev–Trinajstić information content (AvgIpc) is 2.82. The lowest BCUT2D eigenvalue weighted by molar-refractivity contribution is 0.0740. The minimum atomic E-state index is -0.309. The number of esters is 1. The number of carbonyl (C=O) groups excluding carboxylic acids is 1. The van der Waals surface area contributed by atoms with Crippen LogP contribution in [0.25, 0.3) is 0 Å². The summed E-state index contributed by atoms with van der Waals surface area (Å²) >= 11 is 4.73. The SMILES string of the molecule is CCCCc1ccc(C(=O)Oc2cc(Br)cs2)cc1. The molecule has 0 radical (unpaired) electrons. The number of ether oxygens (including phenoxy) is 1. The van der Waals surface area contributed by atoms with Crippen molar-refractivity contribution in [1.29, 1.82) is 0 Å². The molecule has 0 N–H and O–H groups in total. The van der Waals surface area contributed by atoms with Gasteiger partial charge in [0.15, 0.2) is 5.06 Å². The number of thiophene rings is 1. The van der Waals surface area contributed by atoms with Crippen molar-refractivity contribution < 1.29 is 9.53 Å². The van der Waals surface area contributed by atoms with E-state index >= 15 is 0 Å². The molecule has 0 fully saturated rings. The number of hydrogen-bond donors (Lipinski definition) is 0. The molecule has 19 heavy (non-hydrogen) atoms. The van der Waals surface area contributed by atoms with Gasteiger partial charge in [-0.25, -0.2) is 4.79 Å². The highest BCUT2D eigenvalue weighted by molar-refractivity contribution is 9.10. The van der Waals surface area contributed by atoms with Crippen LogP contribution in [0.2, 0.25) is 0 Å². The topological polar surface area (TPSA) is 26.3 Å². The Bertz CT molecular complexity index is 546. The van der Waals surface area contributed by atoms with E-state index < -0.39 is 0 Å². The summed E-state index contributed by atoms with van der Waals surface area (Å²) in [6.07, 6.45) is 3.41. The van der Waals surface area contributed by atoms with Gasteiger partial charge in [-0.2, -0.15) is 0 Å². The van der Waals surface area contributed by atoms with Crippen LogP contribution in [0.1, 0.15) is 35.7 Å². The Morgan fingerprint density at radius 1 is 1.32 bits per heavy atom. The van der Waals surface area contributed by atoms with E-state index in [4.69, 9.17) is 4.74 Å². The van der Waals surface area contributed by atoms with E-state index in [0.29, 0.717) is 10.6 Å². The molecule has 0 spiro atoms. The van der Waals surface area contributed by atoms with Gasteiger partial charge >= 0.3 is 5.97 Å². The zero-order chi connectivity index (χ0) is 13.7. The van der Waals surface area contributed by atoms with Gasteiger partial charge in [0.2, 0.25) is 0 Å². The smallest absolute Gasteiger partial charge is 0.344 e. The summed E-state index contributed by atoms with van der Waals surface area (Å²) in [5, 5.41) is 2.49. The zero-order valence-corrected chi connectivity index (χ0v) is 13.1. The van der Waals surface area contributed by atoms with Crippen molar-refractivity contribution in [1.82, 2.24) is 0 Å². The van der Waals surface area contributed by atoms with Crippen molar-refractivity contribution in [2.45, 2.75) is 26.2 Å². The van der Waals surface area contributed by atoms with Crippen molar-refractivity contribution in [2.24, 2.45) is 0 Å². The summed E-state index contributed by atoms with van der Waals surface area (Å²) in [4.78, 5) is 11.9. The normalized spacial score (nSPS) is 10.4. The highest BCUT2D eigenvalue weighted by Crippen LogP contribution is 2.27. The van der Waals surface area contributed by atoms with Crippen molar-refractivity contribution in [3.63, 3.8) is 0 Å². The fourth-order valence-corrected chi connectivity index (χ4v) is 2.94. The molecule has 0 saturated heterocycles. The fraction of sp³-hybridized carbons (Fsp3) is 0.267. The summed E-state index contributed by atoms with van der Waals surface area (Å²) < 4.78 is 6.22. The van der Waals surface area contributed by atoms with Crippen molar-refractivity contribution in [3.8, 4) is 5.06 Å². The number of benzene rings is 1. The van der Waals surface area contributed by atoms with Crippen LogP contribution in [0.5, 0.6) is 5.06 Å². The van der Waals surface area contributed by atoms with E-state index in [1.807, 2.05) is 29.6 Å². The molecule has 1 heterocycles. The molecule has 4 heteroatoms. The Hall–Kier alpha value is -1.13. The van der Waals surface area contributed by atoms with Gasteiger partial charge in [0, 0.05) is 15.9 Å². The summed E-state index contributed by atoms with van der Waals surface area (Å²) in [5.74, 6) is -0.309. The molecular weight excluding hydrogens is 324 g/mol. The maximum Gasteiger partial charge on any atom is 0.344 e. The van der Waals surface area contributed by atoms with Gasteiger partial charge < -0.3 is 4.74 Å². The summed E-state index contributed by atoms with van der Waals surface area (Å²) in [6.45, 7) is 2.17. The minimum Gasteiger partial charge on any atom is -0.412 e. The van der Waals surface area contributed by atoms with Crippen LogP contribution in [0, 0.1) is 0 Å². The molecule has 0 bridgehead atoms. The molecule has 0 aliphatic rings. The van der Waals surface area contributed by atoms with Gasteiger partial charge in [-0.1, -0.05) is 25.5 Å². The standard InChI is InChI=1S/C15H15BrO2S/c1-2-3-4-11-5-7-12(8-6-11)15(17)18-14-9-13(16)10-19-14/h5-10H,2-4H2,1H3. The maximum atomic E-state index is 11.9. The highest BCUT2D eigenvalue weighted by Gasteiger charge is 2.09. The maximum absolute atomic E-state index is 11.9. The van der Waals surface area contributed by atoms with Gasteiger partial charge in [0.25, 0.3) is 0 Å². The third-order valence-corrected chi connectivity index (χ3v) is 4.31. The van der Waals surface area contributed by atoms with Gasteiger partial charge in [0.1, 0.15) is 0 Å². The van der Waals surface area contributed by atoms with Crippen LogP contribution in [-0.2, 0) is 6.42 Å². The van der Waals surface area contributed by atoms with E-state index in [9.17, 15) is 4.79 Å². The predicted octanol–water partition coefficient (Wildman–Crippen LogP) is 5.07. The highest BCUT2D eigenvalue weighted by atomic mass is 79.9. The van der Waals surface area contributed by atoms with Gasteiger partial charge in [-0.3, -0.25) is 0 Å². The molecule has 100 valence electrons. The number of unbranched alkanes of at least 4 members (excludes halogenated alkanes) is 1. The predicted molar refractivity (Wildman–Crippen MR) is 82.0 cm³/mol. The molecule has 1 aromatic heterocycles. The molecular formula is C15H15BrO2S. The Balaban J connectivity index is 1.99. The molecule has 0 amide bonds. The monoisotopic (exact) mass is 338 g/mol. The lowest BCUT2D eigenvalue weighted by Gasteiger charge is -2.03. The van der Waals surface area contributed by atoms with E-state index in [1.165, 1.54) is 29.7 Å². The molecule has 0 unspecified atom stereocenters. The van der Waals surface area contributed by atoms with Crippen LogP contribution in [0.4, 0.5) is 0 Å². The third-order valence-electron chi connectivity index (χ3n) is 2.75. The summed E-state index contributed by atoms with van der Waals surface area (Å²) in [7, 11) is 0. The molecule has 0 saturated carbocycles. The first-order valence-electron chi connectivity index (χ1n) is 6.24. The first-order valence-corrected chi connectivity index (χ1v) is 7.91. The Morgan fingerprint density at radius 3 is 2.63 bits per heavy atom. The number of carbonyl (C=O) groups is 1. The van der Waals surface area contributed by atoms with Crippen LogP contribution < -0.4 is 4.74 Å². The third kappa shape index (κ3) is 4.18. The largest absolute Gasteiger partial charge is 0.412 e. The number of aryl methyl sites for hydroxylation is 1. The van der Waals surface area contributed by atoms with Crippen molar-refractivity contribution in [2.75, 3.05) is 0 Å². The number of hydrogen-bond acceptors (Lipinski definition) is 3. The first kappa shape index (κ1) is 14.3. The van der Waals surface area contributed by atoms with Gasteiger partial charge in [0.05, 0.1) is 5.56 Å². The van der Waals surface area contributed by atoms with E-state index in [2.05, 4.69) is 22.9 Å². The number of halogens is 1. The summed E-state index contributed by atoms with van der Waals surface area (Å²) in [6, 6.07) is 9.44. The molecule has 1 aromatic carbocycles. The van der Waals surface area contributed by atoms with E-state index in [0.717, 1.165) is 10.9 Å². The summed E-state index contributed by atoms with van der Waals surface area (Å²) in [5.41, 5.74) is 1.85. The molecule has 0 aliphatic heterocycles. The van der Waals surface area contributed by atoms with Gasteiger partial charge in [-0.05, 0) is 46.5 Å². The first-order chi connectivity index (χ1) is 9.19. The minimum absolute atomic E-state index is 0.309. The molecule has 2 aromatic rings. The second kappa shape index (κ2) is 6.87. The van der Waals surface area contributed by atoms with Gasteiger partial charge in [-0.15, -0.1) is 11.3 Å². The van der Waals surface area contributed by atoms with E-state index in [1.54, 1.807) is 6.07 Å². The zero-order valence-electron chi connectivity index (χ0n) is 10.7. The molecule has 2 nitrogen and oxygen atoms in total. The Morgan fingerprint density at radius 2 is 2.05 bits per heavy atom. The number of rotatable bonds is 5. The Labute approximate surface area is 125 Å². The lowest BCUT2D eigenvalue weighted by Crippen LogP contribution is -2.07. The molecule has 0 aliphatic carbocycles. The van der Waals surface area contributed by atoms with Crippen LogP contribution in [0.15, 0.2) is 40.2 Å². The second-order valence-electron chi connectivity index (χ2n) is 4.27. The van der Waals surface area contributed by atoms with Crippen LogP contribution in [-0.4, -0.2) is 5.97 Å². The van der Waals surface area contributed by atoms with Crippen LogP contribution in [0.3, 0.4) is 0 Å². The second-order valence-corrected chi connectivity index (χ2v) is 6.06. The molecule has 0 atom stereocenters. The average molecular weight is 339 g/mol.